The van der Waals surface area contributed by atoms with Crippen molar-refractivity contribution in [2.24, 2.45) is 27.6 Å². The second-order valence-corrected chi connectivity index (χ2v) is 12.3. The van der Waals surface area contributed by atoms with E-state index in [1.54, 1.807) is 38.5 Å². The molecule has 1 aromatic heterocycles. The van der Waals surface area contributed by atoms with Gasteiger partial charge in [0.2, 0.25) is 5.78 Å². The molecule has 186 valence electrons. The fourth-order valence-corrected chi connectivity index (χ4v) is 9.22. The number of Topliss-reactive ketones (excluding diaryl/α,β-unsaturated/α-hetero) is 1. The van der Waals surface area contributed by atoms with E-state index in [1.165, 1.54) is 6.92 Å². The third-order valence-electron chi connectivity index (χ3n) is 10.4. The molecule has 1 aliphatic heterocycles. The van der Waals surface area contributed by atoms with E-state index in [0.717, 1.165) is 5.56 Å². The van der Waals surface area contributed by atoms with Crippen LogP contribution in [0.5, 0.6) is 0 Å². The number of aliphatic hydroxyl groups excluding tert-OH is 1. The zero-order valence-electron chi connectivity index (χ0n) is 21.0. The summed E-state index contributed by atoms with van der Waals surface area (Å²) < 4.78 is 17.9. The minimum Gasteiger partial charge on any atom is -0.504 e. The van der Waals surface area contributed by atoms with Crippen LogP contribution >= 0.6 is 0 Å². The molecule has 1 spiro atoms. The van der Waals surface area contributed by atoms with Crippen molar-refractivity contribution in [3.05, 3.63) is 47.6 Å². The van der Waals surface area contributed by atoms with E-state index >= 15 is 0 Å². The topological polar surface area (TPSA) is 106 Å². The van der Waals surface area contributed by atoms with Gasteiger partial charge < -0.3 is 19.0 Å². The Morgan fingerprint density at radius 3 is 2.51 bits per heavy atom. The molecule has 4 aliphatic carbocycles. The largest absolute Gasteiger partial charge is 0.504 e. The molecule has 8 atom stereocenters. The van der Waals surface area contributed by atoms with E-state index in [-0.39, 0.29) is 23.6 Å². The Balaban J connectivity index is 1.62. The summed E-state index contributed by atoms with van der Waals surface area (Å²) in [5.74, 6) is -1.84. The first-order valence-corrected chi connectivity index (χ1v) is 12.4. The number of aliphatic hydroxyl groups is 1. The number of hydrogen-bond acceptors (Lipinski definition) is 7. The van der Waals surface area contributed by atoms with Gasteiger partial charge in [-0.2, -0.15) is 0 Å². The number of esters is 1. The van der Waals surface area contributed by atoms with E-state index in [4.69, 9.17) is 13.9 Å². The number of fused-ring (bicyclic) bond motifs is 3. The summed E-state index contributed by atoms with van der Waals surface area (Å²) in [6.07, 6.45) is 7.17. The summed E-state index contributed by atoms with van der Waals surface area (Å²) >= 11 is 0. The quantitative estimate of drug-likeness (QED) is 0.493. The molecular formula is C28H32O7. The van der Waals surface area contributed by atoms with Crippen molar-refractivity contribution in [1.29, 1.82) is 0 Å². The highest BCUT2D eigenvalue weighted by Gasteiger charge is 2.88. The number of rotatable bonds is 2. The van der Waals surface area contributed by atoms with Gasteiger partial charge >= 0.3 is 5.97 Å². The lowest BCUT2D eigenvalue weighted by Crippen LogP contribution is -2.70. The van der Waals surface area contributed by atoms with Gasteiger partial charge in [0.1, 0.15) is 11.7 Å². The van der Waals surface area contributed by atoms with Crippen molar-refractivity contribution in [3.8, 4) is 0 Å². The van der Waals surface area contributed by atoms with Crippen LogP contribution in [0.15, 0.2) is 46.5 Å². The Morgan fingerprint density at radius 1 is 1.17 bits per heavy atom. The first-order valence-electron chi connectivity index (χ1n) is 12.4. The molecule has 1 N–H and O–H groups in total. The van der Waals surface area contributed by atoms with Crippen LogP contribution in [0.3, 0.4) is 0 Å². The molecule has 0 unspecified atom stereocenters. The number of furan rings is 1. The van der Waals surface area contributed by atoms with Crippen molar-refractivity contribution in [3.63, 3.8) is 0 Å². The van der Waals surface area contributed by atoms with Crippen molar-refractivity contribution in [1.82, 2.24) is 0 Å². The summed E-state index contributed by atoms with van der Waals surface area (Å²) in [7, 11) is 0. The van der Waals surface area contributed by atoms with Crippen molar-refractivity contribution < 1.29 is 33.4 Å². The minimum absolute atomic E-state index is 0.0453. The van der Waals surface area contributed by atoms with Gasteiger partial charge in [0.05, 0.1) is 29.5 Å². The number of ether oxygens (including phenoxy) is 2. The maximum atomic E-state index is 14.3. The maximum Gasteiger partial charge on any atom is 0.302 e. The van der Waals surface area contributed by atoms with Gasteiger partial charge in [0.15, 0.2) is 11.5 Å². The molecular weight excluding hydrogens is 448 g/mol. The van der Waals surface area contributed by atoms with Crippen LogP contribution in [0.25, 0.3) is 0 Å². The summed E-state index contributed by atoms with van der Waals surface area (Å²) in [4.78, 5) is 39.6. The molecule has 0 aromatic carbocycles. The normalized spacial score (nSPS) is 47.0. The number of allylic oxidation sites excluding steroid dienone is 4. The number of carbonyl (C=O) groups excluding carboxylic acids is 3. The van der Waals surface area contributed by atoms with Gasteiger partial charge in [-0.05, 0) is 62.8 Å². The fraction of sp³-hybridized carbons (Fsp3) is 0.607. The molecule has 7 nitrogen and oxygen atoms in total. The van der Waals surface area contributed by atoms with E-state index in [1.807, 2.05) is 19.9 Å². The molecule has 0 radical (unpaired) electrons. The van der Waals surface area contributed by atoms with Crippen LogP contribution in [0.1, 0.15) is 65.9 Å². The molecule has 2 heterocycles. The van der Waals surface area contributed by atoms with Crippen molar-refractivity contribution in [2.75, 3.05) is 0 Å². The van der Waals surface area contributed by atoms with Crippen LogP contribution < -0.4 is 0 Å². The predicted octanol–water partition coefficient (Wildman–Crippen LogP) is 4.43. The average molecular weight is 481 g/mol. The molecule has 35 heavy (non-hydrogen) atoms. The Kier molecular flexibility index (Phi) is 4.14. The van der Waals surface area contributed by atoms with Crippen LogP contribution in [0, 0.1) is 27.6 Å². The second kappa shape index (κ2) is 6.36. The molecule has 3 fully saturated rings. The highest BCUT2D eigenvalue weighted by molar-refractivity contribution is 6.06. The molecule has 1 saturated heterocycles. The number of hydrogen-bond donors (Lipinski definition) is 1. The van der Waals surface area contributed by atoms with Crippen LogP contribution in [0.2, 0.25) is 0 Å². The fourth-order valence-electron chi connectivity index (χ4n) is 9.22. The minimum atomic E-state index is -1.17. The van der Waals surface area contributed by atoms with Crippen LogP contribution in [-0.2, 0) is 23.9 Å². The molecule has 2 saturated carbocycles. The molecule has 0 amide bonds. The zero-order chi connectivity index (χ0) is 25.3. The first-order chi connectivity index (χ1) is 16.3. The summed E-state index contributed by atoms with van der Waals surface area (Å²) in [6.45, 7) is 10.8. The lowest BCUT2D eigenvalue weighted by atomic mass is 9.38. The third-order valence-corrected chi connectivity index (χ3v) is 10.4. The van der Waals surface area contributed by atoms with E-state index in [0.29, 0.717) is 18.4 Å². The third kappa shape index (κ3) is 2.30. The summed E-state index contributed by atoms with van der Waals surface area (Å²) in [6, 6.07) is 1.95. The van der Waals surface area contributed by atoms with Crippen molar-refractivity contribution >= 4 is 17.5 Å². The van der Waals surface area contributed by atoms with Crippen LogP contribution in [-0.4, -0.2) is 40.5 Å². The highest BCUT2D eigenvalue weighted by atomic mass is 16.6. The molecule has 5 aliphatic rings. The monoisotopic (exact) mass is 480 g/mol. The maximum absolute atomic E-state index is 14.3. The predicted molar refractivity (Wildman–Crippen MR) is 124 cm³/mol. The van der Waals surface area contributed by atoms with Crippen molar-refractivity contribution in [2.45, 2.75) is 78.1 Å². The zero-order valence-corrected chi connectivity index (χ0v) is 21.0. The standard InChI is InChI=1S/C28H32O7/c1-14(29)34-17-12-26(5)16(15-8-10-33-13-15)11-19-28(26,35-19)27(6)21(17)25(4)9-7-18(30)24(2,3)22(25)20(31)23(27)32/h7-10,13,16-17,19,21,31H,11-12H2,1-6H3/t16-,17+,19+,21+,25+,26-,27-,28+/m0/s1. The van der Waals surface area contributed by atoms with E-state index in [9.17, 15) is 19.5 Å². The lowest BCUT2D eigenvalue weighted by Gasteiger charge is -2.64. The Labute approximate surface area is 204 Å². The lowest BCUT2D eigenvalue weighted by molar-refractivity contribution is -0.200. The number of carbonyl (C=O) groups is 3. The highest BCUT2D eigenvalue weighted by Crippen LogP contribution is 2.81. The van der Waals surface area contributed by atoms with Gasteiger partial charge in [-0.15, -0.1) is 0 Å². The summed E-state index contributed by atoms with van der Waals surface area (Å²) in [5.41, 5.74) is -3.06. The first kappa shape index (κ1) is 22.8. The number of ketones is 2. The SMILES string of the molecule is CC(=O)O[C@@H]1C[C@@]2(C)[C@H](c3ccoc3)C[C@H]3O[C@]32[C@]2(C)C(=O)C(O)=C3C(C)(C)C(=O)C=C[C@]3(C)[C@@H]12. The molecule has 6 rings (SSSR count). The van der Waals surface area contributed by atoms with Gasteiger partial charge in [0, 0.05) is 23.7 Å². The average Bonchev–Trinajstić information content (AvgIpc) is 3.13. The molecule has 1 aromatic rings. The Bertz CT molecular complexity index is 1240. The second-order valence-electron chi connectivity index (χ2n) is 12.3. The van der Waals surface area contributed by atoms with E-state index < -0.39 is 51.0 Å². The van der Waals surface area contributed by atoms with Gasteiger partial charge in [-0.3, -0.25) is 14.4 Å². The van der Waals surface area contributed by atoms with Gasteiger partial charge in [-0.25, -0.2) is 0 Å². The van der Waals surface area contributed by atoms with Gasteiger partial charge in [0.25, 0.3) is 0 Å². The van der Waals surface area contributed by atoms with Gasteiger partial charge in [-0.1, -0.05) is 19.9 Å². The number of epoxide rings is 1. The molecule has 0 bridgehead atoms. The smallest absolute Gasteiger partial charge is 0.302 e. The Morgan fingerprint density at radius 2 is 1.89 bits per heavy atom. The Hall–Kier alpha value is -2.67. The summed E-state index contributed by atoms with van der Waals surface area (Å²) in [5, 5.41) is 11.5. The van der Waals surface area contributed by atoms with Crippen LogP contribution in [0.4, 0.5) is 0 Å². The van der Waals surface area contributed by atoms with E-state index in [2.05, 4.69) is 6.92 Å². The molecule has 7 heteroatoms.